The van der Waals surface area contributed by atoms with E-state index in [2.05, 4.69) is 26.3 Å². The monoisotopic (exact) mass is 341 g/mol. The Kier molecular flexibility index (Phi) is 5.17. The summed E-state index contributed by atoms with van der Waals surface area (Å²) < 4.78 is 26.9. The number of hydrogen-bond donors (Lipinski definition) is 2. The zero-order chi connectivity index (χ0) is 14.5. The van der Waals surface area contributed by atoms with Gasteiger partial charge in [0.1, 0.15) is 0 Å². The van der Waals surface area contributed by atoms with E-state index in [-0.39, 0.29) is 6.04 Å². The molecule has 2 rings (SSSR count). The first-order valence-electron chi connectivity index (χ1n) is 6.09. The Bertz CT molecular complexity index is 575. The van der Waals surface area contributed by atoms with Crippen LogP contribution in [0.2, 0.25) is 0 Å². The summed E-state index contributed by atoms with van der Waals surface area (Å²) in [6, 6.07) is 7.55. The number of aromatic nitrogens is 1. The highest BCUT2D eigenvalue weighted by atomic mass is 79.9. The van der Waals surface area contributed by atoms with Crippen molar-refractivity contribution in [3.8, 4) is 0 Å². The number of benzene rings is 1. The highest BCUT2D eigenvalue weighted by molar-refractivity contribution is 9.10. The molecule has 0 bridgehead atoms. The van der Waals surface area contributed by atoms with Gasteiger partial charge in [-0.2, -0.15) is 0 Å². The van der Waals surface area contributed by atoms with E-state index in [1.807, 2.05) is 12.1 Å². The molecule has 2 aromatic rings. The van der Waals surface area contributed by atoms with E-state index in [1.54, 1.807) is 12.3 Å². The molecule has 0 aliphatic heterocycles. The van der Waals surface area contributed by atoms with Crippen LogP contribution in [-0.2, 0) is 12.8 Å². The topological polar surface area (TPSA) is 50.9 Å². The molecule has 0 radical (unpaired) electrons. The summed E-state index contributed by atoms with van der Waals surface area (Å²) in [7, 11) is 0. The lowest BCUT2D eigenvalue weighted by molar-refractivity contribution is 0.496. The highest BCUT2D eigenvalue weighted by Crippen LogP contribution is 2.13. The third-order valence-electron chi connectivity index (χ3n) is 2.95. The van der Waals surface area contributed by atoms with Crippen molar-refractivity contribution in [3.05, 3.63) is 63.9 Å². The van der Waals surface area contributed by atoms with Crippen LogP contribution in [0, 0.1) is 11.6 Å². The summed E-state index contributed by atoms with van der Waals surface area (Å²) in [6.45, 7) is 0. The fourth-order valence-corrected chi connectivity index (χ4v) is 2.16. The van der Waals surface area contributed by atoms with Crippen LogP contribution in [0.4, 0.5) is 8.78 Å². The largest absolute Gasteiger partial charge is 0.271 e. The van der Waals surface area contributed by atoms with Crippen molar-refractivity contribution in [3.63, 3.8) is 0 Å². The standard InChI is InChI=1S/C14H14BrF2N3/c15-10-2-3-11(19-8-10)7-12(20-18)5-9-1-4-13(16)14(17)6-9/h1-4,6,8,12,20H,5,7,18H2. The van der Waals surface area contributed by atoms with Crippen molar-refractivity contribution in [2.45, 2.75) is 18.9 Å². The molecule has 0 aliphatic rings. The van der Waals surface area contributed by atoms with Gasteiger partial charge in [-0.1, -0.05) is 6.07 Å². The number of hydrazine groups is 1. The van der Waals surface area contributed by atoms with E-state index >= 15 is 0 Å². The van der Waals surface area contributed by atoms with Crippen molar-refractivity contribution in [2.75, 3.05) is 0 Å². The van der Waals surface area contributed by atoms with Crippen molar-refractivity contribution in [1.82, 2.24) is 10.4 Å². The lowest BCUT2D eigenvalue weighted by Crippen LogP contribution is -2.38. The predicted molar refractivity (Wildman–Crippen MR) is 76.8 cm³/mol. The Morgan fingerprint density at radius 3 is 2.55 bits per heavy atom. The van der Waals surface area contributed by atoms with Gasteiger partial charge in [-0.3, -0.25) is 16.3 Å². The summed E-state index contributed by atoms with van der Waals surface area (Å²) in [4.78, 5) is 4.26. The molecule has 0 spiro atoms. The minimum absolute atomic E-state index is 0.103. The van der Waals surface area contributed by atoms with Gasteiger partial charge in [-0.05, 0) is 52.2 Å². The van der Waals surface area contributed by atoms with Crippen LogP contribution in [0.1, 0.15) is 11.3 Å². The SMILES string of the molecule is NNC(Cc1ccc(F)c(F)c1)Cc1ccc(Br)cn1. The van der Waals surface area contributed by atoms with Crippen LogP contribution in [0.15, 0.2) is 41.0 Å². The molecule has 1 atom stereocenters. The quantitative estimate of drug-likeness (QED) is 0.649. The highest BCUT2D eigenvalue weighted by Gasteiger charge is 2.11. The lowest BCUT2D eigenvalue weighted by atomic mass is 10.0. The molecular formula is C14H14BrF2N3. The molecular weight excluding hydrogens is 328 g/mol. The molecule has 3 nitrogen and oxygen atoms in total. The zero-order valence-electron chi connectivity index (χ0n) is 10.6. The molecule has 1 aromatic carbocycles. The van der Waals surface area contributed by atoms with Crippen molar-refractivity contribution < 1.29 is 8.78 Å². The fraction of sp³-hybridized carbons (Fsp3) is 0.214. The molecule has 3 N–H and O–H groups in total. The first kappa shape index (κ1) is 15.0. The van der Waals surface area contributed by atoms with Gasteiger partial charge in [0.05, 0.1) is 0 Å². The number of nitrogens with one attached hydrogen (secondary N) is 1. The number of nitrogens with zero attached hydrogens (tertiary/aromatic N) is 1. The summed E-state index contributed by atoms with van der Waals surface area (Å²) in [5, 5.41) is 0. The van der Waals surface area contributed by atoms with E-state index in [0.717, 1.165) is 16.2 Å². The first-order valence-corrected chi connectivity index (χ1v) is 6.88. The van der Waals surface area contributed by atoms with Gasteiger partial charge in [0.15, 0.2) is 11.6 Å². The Labute approximate surface area is 124 Å². The molecule has 1 heterocycles. The minimum atomic E-state index is -0.847. The summed E-state index contributed by atoms with van der Waals surface area (Å²) in [5.41, 5.74) is 4.24. The van der Waals surface area contributed by atoms with Gasteiger partial charge in [-0.15, -0.1) is 0 Å². The maximum atomic E-state index is 13.2. The maximum Gasteiger partial charge on any atom is 0.159 e. The van der Waals surface area contributed by atoms with E-state index in [4.69, 9.17) is 5.84 Å². The van der Waals surface area contributed by atoms with Crippen molar-refractivity contribution >= 4 is 15.9 Å². The molecule has 20 heavy (non-hydrogen) atoms. The zero-order valence-corrected chi connectivity index (χ0v) is 12.2. The number of pyridine rings is 1. The van der Waals surface area contributed by atoms with Crippen LogP contribution in [-0.4, -0.2) is 11.0 Å². The fourth-order valence-electron chi connectivity index (χ4n) is 1.92. The van der Waals surface area contributed by atoms with Gasteiger partial charge in [0, 0.05) is 28.8 Å². The molecule has 0 amide bonds. The summed E-state index contributed by atoms with van der Waals surface area (Å²) >= 11 is 3.32. The average molecular weight is 342 g/mol. The third kappa shape index (κ3) is 4.06. The van der Waals surface area contributed by atoms with Gasteiger partial charge in [-0.25, -0.2) is 8.78 Å². The Morgan fingerprint density at radius 1 is 1.15 bits per heavy atom. The van der Waals surface area contributed by atoms with Crippen LogP contribution < -0.4 is 11.3 Å². The second kappa shape index (κ2) is 6.88. The molecule has 0 saturated carbocycles. The van der Waals surface area contributed by atoms with E-state index in [1.165, 1.54) is 6.07 Å². The van der Waals surface area contributed by atoms with E-state index in [9.17, 15) is 8.78 Å². The average Bonchev–Trinajstić information content (AvgIpc) is 2.44. The van der Waals surface area contributed by atoms with Crippen LogP contribution >= 0.6 is 15.9 Å². The maximum absolute atomic E-state index is 13.2. The van der Waals surface area contributed by atoms with Crippen LogP contribution in [0.25, 0.3) is 0 Å². The van der Waals surface area contributed by atoms with Gasteiger partial charge < -0.3 is 0 Å². The number of nitrogens with two attached hydrogens (primary N) is 1. The Hall–Kier alpha value is -1.37. The number of rotatable bonds is 5. The molecule has 1 unspecified atom stereocenters. The smallest absolute Gasteiger partial charge is 0.159 e. The van der Waals surface area contributed by atoms with E-state index < -0.39 is 11.6 Å². The minimum Gasteiger partial charge on any atom is -0.271 e. The van der Waals surface area contributed by atoms with E-state index in [0.29, 0.717) is 18.4 Å². The van der Waals surface area contributed by atoms with Crippen LogP contribution in [0.5, 0.6) is 0 Å². The van der Waals surface area contributed by atoms with Crippen molar-refractivity contribution in [2.24, 2.45) is 5.84 Å². The Balaban J connectivity index is 2.04. The number of halogens is 3. The lowest BCUT2D eigenvalue weighted by Gasteiger charge is -2.15. The Morgan fingerprint density at radius 2 is 1.95 bits per heavy atom. The summed E-state index contributed by atoms with van der Waals surface area (Å²) in [6.07, 6.45) is 2.80. The van der Waals surface area contributed by atoms with Gasteiger partial charge in [0.25, 0.3) is 0 Å². The van der Waals surface area contributed by atoms with Crippen molar-refractivity contribution in [1.29, 1.82) is 0 Å². The second-order valence-electron chi connectivity index (χ2n) is 4.49. The third-order valence-corrected chi connectivity index (χ3v) is 3.42. The first-order chi connectivity index (χ1) is 9.58. The normalized spacial score (nSPS) is 12.4. The van der Waals surface area contributed by atoms with Crippen LogP contribution in [0.3, 0.4) is 0 Å². The molecule has 0 fully saturated rings. The summed E-state index contributed by atoms with van der Waals surface area (Å²) in [5.74, 6) is 3.82. The van der Waals surface area contributed by atoms with Gasteiger partial charge >= 0.3 is 0 Å². The second-order valence-corrected chi connectivity index (χ2v) is 5.40. The van der Waals surface area contributed by atoms with Gasteiger partial charge in [0.2, 0.25) is 0 Å². The molecule has 0 aliphatic carbocycles. The molecule has 106 valence electrons. The predicted octanol–water partition coefficient (Wildman–Crippen LogP) is 2.74. The molecule has 6 heteroatoms. The molecule has 0 saturated heterocycles. The number of hydrogen-bond acceptors (Lipinski definition) is 3. The molecule has 1 aromatic heterocycles.